The summed E-state index contributed by atoms with van der Waals surface area (Å²) in [5.74, 6) is -1.28. The summed E-state index contributed by atoms with van der Waals surface area (Å²) in [4.78, 5) is 11.1. The molecule has 0 amide bonds. The van der Waals surface area contributed by atoms with Gasteiger partial charge in [-0.1, -0.05) is 17.7 Å². The van der Waals surface area contributed by atoms with Gasteiger partial charge in [-0.3, -0.25) is 9.40 Å². The SMILES string of the molecule is Cn1nccc1S(=O)(=O)Nc1c(Cl)cccc1C(=O)O. The van der Waals surface area contributed by atoms with Crippen LogP contribution in [0.25, 0.3) is 0 Å². The number of halogens is 1. The van der Waals surface area contributed by atoms with Crippen molar-refractivity contribution in [3.8, 4) is 0 Å². The minimum absolute atomic E-state index is 0.00403. The first kappa shape index (κ1) is 14.4. The van der Waals surface area contributed by atoms with E-state index in [1.54, 1.807) is 0 Å². The summed E-state index contributed by atoms with van der Waals surface area (Å²) >= 11 is 5.87. The van der Waals surface area contributed by atoms with Crippen LogP contribution in [0, 0.1) is 0 Å². The van der Waals surface area contributed by atoms with E-state index >= 15 is 0 Å². The normalized spacial score (nSPS) is 11.3. The minimum atomic E-state index is -3.98. The lowest BCUT2D eigenvalue weighted by atomic mass is 10.2. The highest BCUT2D eigenvalue weighted by Gasteiger charge is 2.22. The van der Waals surface area contributed by atoms with Gasteiger partial charge in [0.1, 0.15) is 0 Å². The van der Waals surface area contributed by atoms with Crippen LogP contribution in [0.3, 0.4) is 0 Å². The number of anilines is 1. The van der Waals surface area contributed by atoms with Gasteiger partial charge in [-0.25, -0.2) is 4.79 Å². The van der Waals surface area contributed by atoms with Crippen molar-refractivity contribution < 1.29 is 18.3 Å². The average Bonchev–Trinajstić information content (AvgIpc) is 2.78. The van der Waals surface area contributed by atoms with Gasteiger partial charge in [0.2, 0.25) is 0 Å². The Hall–Kier alpha value is -2.06. The van der Waals surface area contributed by atoms with Crippen molar-refractivity contribution in [2.75, 3.05) is 4.72 Å². The summed E-state index contributed by atoms with van der Waals surface area (Å²) in [6, 6.07) is 5.37. The molecule has 0 saturated heterocycles. The second-order valence-corrected chi connectivity index (χ2v) is 5.90. The van der Waals surface area contributed by atoms with E-state index in [2.05, 4.69) is 9.82 Å². The van der Waals surface area contributed by atoms with Gasteiger partial charge in [-0.2, -0.15) is 13.5 Å². The van der Waals surface area contributed by atoms with E-state index in [9.17, 15) is 13.2 Å². The highest BCUT2D eigenvalue weighted by Crippen LogP contribution is 2.28. The third-order valence-electron chi connectivity index (χ3n) is 2.53. The zero-order valence-electron chi connectivity index (χ0n) is 10.2. The number of para-hydroxylation sites is 1. The zero-order valence-corrected chi connectivity index (χ0v) is 11.8. The first-order valence-corrected chi connectivity index (χ1v) is 7.21. The fourth-order valence-corrected chi connectivity index (χ4v) is 3.12. The van der Waals surface area contributed by atoms with E-state index in [0.29, 0.717) is 0 Å². The number of sulfonamides is 1. The number of nitrogens with zero attached hydrogens (tertiary/aromatic N) is 2. The molecule has 0 bridgehead atoms. The van der Waals surface area contributed by atoms with Gasteiger partial charge in [-0.15, -0.1) is 0 Å². The summed E-state index contributed by atoms with van der Waals surface area (Å²) < 4.78 is 27.7. The van der Waals surface area contributed by atoms with E-state index in [-0.39, 0.29) is 21.3 Å². The first-order valence-electron chi connectivity index (χ1n) is 5.35. The molecule has 2 aromatic rings. The van der Waals surface area contributed by atoms with Gasteiger partial charge in [-0.05, 0) is 18.2 Å². The number of carbonyl (C=O) groups is 1. The summed E-state index contributed by atoms with van der Waals surface area (Å²) in [5, 5.41) is 12.7. The van der Waals surface area contributed by atoms with E-state index in [1.807, 2.05) is 0 Å². The number of aromatic nitrogens is 2. The molecular weight excluding hydrogens is 306 g/mol. The fraction of sp³-hybridized carbons (Fsp3) is 0.0909. The number of rotatable bonds is 4. The summed E-state index contributed by atoms with van der Waals surface area (Å²) in [7, 11) is -2.52. The lowest BCUT2D eigenvalue weighted by Crippen LogP contribution is -2.18. The molecule has 1 aromatic carbocycles. The molecule has 20 heavy (non-hydrogen) atoms. The molecule has 7 nitrogen and oxygen atoms in total. The van der Waals surface area contributed by atoms with Crippen LogP contribution in [-0.2, 0) is 17.1 Å². The van der Waals surface area contributed by atoms with Crippen LogP contribution in [-0.4, -0.2) is 29.3 Å². The van der Waals surface area contributed by atoms with E-state index in [0.717, 1.165) is 4.68 Å². The molecule has 2 rings (SSSR count). The molecule has 0 spiro atoms. The van der Waals surface area contributed by atoms with Gasteiger partial charge < -0.3 is 5.11 Å². The molecule has 0 aliphatic heterocycles. The maximum atomic E-state index is 12.2. The summed E-state index contributed by atoms with van der Waals surface area (Å²) in [5.41, 5.74) is -0.411. The molecule has 0 atom stereocenters. The lowest BCUT2D eigenvalue weighted by Gasteiger charge is -2.12. The van der Waals surface area contributed by atoms with Crippen molar-refractivity contribution in [2.45, 2.75) is 5.03 Å². The zero-order chi connectivity index (χ0) is 14.9. The molecule has 2 N–H and O–H groups in total. The molecule has 0 fully saturated rings. The molecule has 0 unspecified atom stereocenters. The van der Waals surface area contributed by atoms with Gasteiger partial charge in [0.25, 0.3) is 10.0 Å². The van der Waals surface area contributed by atoms with Crippen LogP contribution in [0.4, 0.5) is 5.69 Å². The van der Waals surface area contributed by atoms with Gasteiger partial charge >= 0.3 is 5.97 Å². The molecule has 1 heterocycles. The van der Waals surface area contributed by atoms with Crippen molar-refractivity contribution in [1.82, 2.24) is 9.78 Å². The van der Waals surface area contributed by atoms with E-state index in [1.165, 1.54) is 37.5 Å². The quantitative estimate of drug-likeness (QED) is 0.891. The topological polar surface area (TPSA) is 101 Å². The fourth-order valence-electron chi connectivity index (χ4n) is 1.62. The molecule has 9 heteroatoms. The second-order valence-electron chi connectivity index (χ2n) is 3.87. The third kappa shape index (κ3) is 2.61. The Labute approximate surface area is 119 Å². The number of nitrogens with one attached hydrogen (secondary N) is 1. The minimum Gasteiger partial charge on any atom is -0.478 e. The Morgan fingerprint density at radius 1 is 1.40 bits per heavy atom. The molecule has 0 radical (unpaired) electrons. The number of aromatic carboxylic acids is 1. The van der Waals surface area contributed by atoms with Crippen LogP contribution >= 0.6 is 11.6 Å². The number of aryl methyl sites for hydroxylation is 1. The number of hydrogen-bond acceptors (Lipinski definition) is 4. The summed E-state index contributed by atoms with van der Waals surface area (Å²) in [6.07, 6.45) is 1.32. The van der Waals surface area contributed by atoms with Crippen LogP contribution < -0.4 is 4.72 Å². The van der Waals surface area contributed by atoms with Gasteiger partial charge in [0.05, 0.1) is 22.5 Å². The molecule has 0 saturated carbocycles. The Balaban J connectivity index is 2.50. The second kappa shape index (κ2) is 5.14. The van der Waals surface area contributed by atoms with E-state index < -0.39 is 16.0 Å². The molecule has 1 aromatic heterocycles. The lowest BCUT2D eigenvalue weighted by molar-refractivity contribution is 0.0698. The molecule has 0 aliphatic rings. The number of carboxylic acid groups (broad SMARTS) is 1. The Morgan fingerprint density at radius 2 is 2.10 bits per heavy atom. The maximum Gasteiger partial charge on any atom is 0.337 e. The van der Waals surface area contributed by atoms with Gasteiger partial charge in [0, 0.05) is 7.05 Å². The summed E-state index contributed by atoms with van der Waals surface area (Å²) in [6.45, 7) is 0. The molecule has 106 valence electrons. The van der Waals surface area contributed by atoms with E-state index in [4.69, 9.17) is 16.7 Å². The van der Waals surface area contributed by atoms with Crippen LogP contribution in [0.15, 0.2) is 35.5 Å². The smallest absolute Gasteiger partial charge is 0.337 e. The Morgan fingerprint density at radius 3 is 2.65 bits per heavy atom. The van der Waals surface area contributed by atoms with Crippen LogP contribution in [0.1, 0.15) is 10.4 Å². The highest BCUT2D eigenvalue weighted by molar-refractivity contribution is 7.92. The first-order chi connectivity index (χ1) is 9.33. The highest BCUT2D eigenvalue weighted by atomic mass is 35.5. The predicted molar refractivity (Wildman–Crippen MR) is 72.4 cm³/mol. The van der Waals surface area contributed by atoms with Crippen molar-refractivity contribution in [3.05, 3.63) is 41.0 Å². The monoisotopic (exact) mass is 315 g/mol. The number of benzene rings is 1. The van der Waals surface area contributed by atoms with Crippen molar-refractivity contribution >= 4 is 33.3 Å². The largest absolute Gasteiger partial charge is 0.478 e. The van der Waals surface area contributed by atoms with Crippen molar-refractivity contribution in [2.24, 2.45) is 7.05 Å². The third-order valence-corrected chi connectivity index (χ3v) is 4.27. The maximum absolute atomic E-state index is 12.2. The Bertz CT molecular complexity index is 770. The number of hydrogen-bond donors (Lipinski definition) is 2. The van der Waals surface area contributed by atoms with Crippen molar-refractivity contribution in [3.63, 3.8) is 0 Å². The van der Waals surface area contributed by atoms with Crippen LogP contribution in [0.2, 0.25) is 5.02 Å². The van der Waals surface area contributed by atoms with Gasteiger partial charge in [0.15, 0.2) is 5.03 Å². The van der Waals surface area contributed by atoms with Crippen LogP contribution in [0.5, 0.6) is 0 Å². The molecular formula is C11H10ClN3O4S. The average molecular weight is 316 g/mol. The molecule has 0 aliphatic carbocycles. The Kier molecular flexibility index (Phi) is 3.69. The number of carboxylic acids is 1. The van der Waals surface area contributed by atoms with Crippen molar-refractivity contribution in [1.29, 1.82) is 0 Å². The predicted octanol–water partition coefficient (Wildman–Crippen LogP) is 1.57. The standard InChI is InChI=1S/C11H10ClN3O4S/c1-15-9(5-6-13-15)20(18,19)14-10-7(11(16)17)3-2-4-8(10)12/h2-6,14H,1H3,(H,16,17).